The van der Waals surface area contributed by atoms with Crippen LogP contribution in [-0.4, -0.2) is 25.2 Å². The van der Waals surface area contributed by atoms with Crippen LogP contribution in [0.15, 0.2) is 24.7 Å². The molecule has 2 aromatic heterocycles. The second-order valence-corrected chi connectivity index (χ2v) is 2.20. The Hall–Kier alpha value is -1.69. The number of nitrogens with zero attached hydrogens (tertiary/aromatic N) is 5. The fourth-order valence-electron chi connectivity index (χ4n) is 0.813. The van der Waals surface area contributed by atoms with Gasteiger partial charge in [-0.1, -0.05) is 0 Å². The van der Waals surface area contributed by atoms with E-state index in [0.29, 0.717) is 5.82 Å². The van der Waals surface area contributed by atoms with Crippen LogP contribution in [0.1, 0.15) is 0 Å². The number of nitrogen functional groups attached to an aromatic ring is 1. The fraction of sp³-hybridized carbons (Fsp3) is 0. The van der Waals surface area contributed by atoms with Crippen LogP contribution >= 0.6 is 12.4 Å². The van der Waals surface area contributed by atoms with Gasteiger partial charge in [-0.05, 0) is 22.6 Å². The Morgan fingerprint density at radius 2 is 2.15 bits per heavy atom. The van der Waals surface area contributed by atoms with Gasteiger partial charge in [0.15, 0.2) is 0 Å². The number of halogens is 1. The van der Waals surface area contributed by atoms with Crippen LogP contribution in [0.4, 0.5) is 5.82 Å². The molecule has 0 unspecified atom stereocenters. The van der Waals surface area contributed by atoms with Crippen LogP contribution in [0.3, 0.4) is 0 Å². The number of tetrazole rings is 1. The molecule has 0 aliphatic rings. The maximum atomic E-state index is 5.41. The van der Waals surface area contributed by atoms with Gasteiger partial charge in [-0.3, -0.25) is 0 Å². The summed E-state index contributed by atoms with van der Waals surface area (Å²) in [4.78, 5) is 3.90. The number of nitrogens with two attached hydrogens (primary N) is 1. The molecule has 0 saturated heterocycles. The lowest BCUT2D eigenvalue weighted by Gasteiger charge is -1.96. The first-order valence-electron chi connectivity index (χ1n) is 3.31. The van der Waals surface area contributed by atoms with E-state index in [9.17, 15) is 0 Å². The van der Waals surface area contributed by atoms with Crippen molar-refractivity contribution in [2.75, 3.05) is 5.73 Å². The molecule has 0 amide bonds. The van der Waals surface area contributed by atoms with Gasteiger partial charge in [0.05, 0.1) is 11.9 Å². The molecule has 0 aliphatic carbocycles. The Morgan fingerprint density at radius 3 is 2.69 bits per heavy atom. The molecular weight excluding hydrogens is 192 g/mol. The van der Waals surface area contributed by atoms with Crippen molar-refractivity contribution in [3.63, 3.8) is 0 Å². The van der Waals surface area contributed by atoms with Crippen molar-refractivity contribution in [1.29, 1.82) is 0 Å². The Morgan fingerprint density at radius 1 is 1.31 bits per heavy atom. The summed E-state index contributed by atoms with van der Waals surface area (Å²) in [5.74, 6) is 0.479. The van der Waals surface area contributed by atoms with Gasteiger partial charge < -0.3 is 5.73 Å². The minimum absolute atomic E-state index is 0. The highest BCUT2D eigenvalue weighted by Gasteiger charge is 1.96. The monoisotopic (exact) mass is 198 g/mol. The molecule has 2 rings (SSSR count). The fourth-order valence-corrected chi connectivity index (χ4v) is 0.813. The number of anilines is 1. The lowest BCUT2D eigenvalue weighted by atomic mass is 10.4. The molecule has 0 atom stereocenters. The summed E-state index contributed by atoms with van der Waals surface area (Å²) in [7, 11) is 0. The molecule has 0 fully saturated rings. The van der Waals surface area contributed by atoms with Crippen molar-refractivity contribution < 1.29 is 0 Å². The second-order valence-electron chi connectivity index (χ2n) is 2.20. The number of rotatable bonds is 1. The van der Waals surface area contributed by atoms with Crippen LogP contribution in [0.5, 0.6) is 0 Å². The van der Waals surface area contributed by atoms with Gasteiger partial charge in [0, 0.05) is 0 Å². The second kappa shape index (κ2) is 3.81. The van der Waals surface area contributed by atoms with Crippen molar-refractivity contribution >= 4 is 18.2 Å². The highest BCUT2D eigenvalue weighted by Crippen LogP contribution is 2.03. The van der Waals surface area contributed by atoms with Crippen LogP contribution in [0.25, 0.3) is 5.69 Å². The van der Waals surface area contributed by atoms with Gasteiger partial charge in [0.2, 0.25) is 0 Å². The van der Waals surface area contributed by atoms with Gasteiger partial charge in [0.1, 0.15) is 12.1 Å². The molecule has 0 saturated carbocycles. The summed E-state index contributed by atoms with van der Waals surface area (Å²) < 4.78 is 1.51. The summed E-state index contributed by atoms with van der Waals surface area (Å²) in [5.41, 5.74) is 6.19. The average molecular weight is 199 g/mol. The Labute approximate surface area is 80.2 Å². The Balaban J connectivity index is 0.000000845. The van der Waals surface area contributed by atoms with Crippen LogP contribution in [-0.2, 0) is 0 Å². The molecule has 68 valence electrons. The van der Waals surface area contributed by atoms with Crippen molar-refractivity contribution in [3.8, 4) is 5.69 Å². The van der Waals surface area contributed by atoms with E-state index in [1.807, 2.05) is 0 Å². The molecule has 2 N–H and O–H groups in total. The first kappa shape index (κ1) is 9.40. The predicted octanol–water partition coefficient (Wildman–Crippen LogP) is 0.0613. The lowest BCUT2D eigenvalue weighted by Crippen LogP contribution is -1.97. The van der Waals surface area contributed by atoms with E-state index in [1.165, 1.54) is 11.0 Å². The van der Waals surface area contributed by atoms with Gasteiger partial charge >= 0.3 is 0 Å². The Bertz CT molecular complexity index is 355. The summed E-state index contributed by atoms with van der Waals surface area (Å²) >= 11 is 0. The minimum atomic E-state index is 0. The third-order valence-electron chi connectivity index (χ3n) is 1.38. The molecule has 0 aromatic carbocycles. The third kappa shape index (κ3) is 1.91. The molecule has 0 spiro atoms. The number of pyridine rings is 1. The van der Waals surface area contributed by atoms with Crippen molar-refractivity contribution in [2.24, 2.45) is 0 Å². The van der Waals surface area contributed by atoms with Gasteiger partial charge in [-0.15, -0.1) is 17.5 Å². The lowest BCUT2D eigenvalue weighted by molar-refractivity contribution is 0.786. The third-order valence-corrected chi connectivity index (χ3v) is 1.38. The van der Waals surface area contributed by atoms with E-state index < -0.39 is 0 Å². The summed E-state index contributed by atoms with van der Waals surface area (Å²) in [6.07, 6.45) is 3.10. The highest BCUT2D eigenvalue weighted by molar-refractivity contribution is 5.85. The summed E-state index contributed by atoms with van der Waals surface area (Å²) in [6.45, 7) is 0. The molecule has 2 heterocycles. The van der Waals surface area contributed by atoms with E-state index in [1.54, 1.807) is 18.3 Å². The standard InChI is InChI=1S/C6H6N6.ClH/c7-6-2-1-5(3-8-6)12-4-9-10-11-12;/h1-4H,(H2,7,8);1H. The van der Waals surface area contributed by atoms with E-state index >= 15 is 0 Å². The zero-order valence-corrected chi connectivity index (χ0v) is 7.35. The maximum absolute atomic E-state index is 5.41. The zero-order chi connectivity index (χ0) is 8.39. The average Bonchev–Trinajstić information content (AvgIpc) is 2.58. The highest BCUT2D eigenvalue weighted by atomic mass is 35.5. The normalized spacial score (nSPS) is 9.23. The quantitative estimate of drug-likeness (QED) is 0.701. The zero-order valence-electron chi connectivity index (χ0n) is 6.53. The minimum Gasteiger partial charge on any atom is -0.384 e. The summed E-state index contributed by atoms with van der Waals surface area (Å²) in [5, 5.41) is 10.7. The largest absolute Gasteiger partial charge is 0.384 e. The van der Waals surface area contributed by atoms with Crippen molar-refractivity contribution in [1.82, 2.24) is 25.2 Å². The van der Waals surface area contributed by atoms with E-state index in [0.717, 1.165) is 5.69 Å². The van der Waals surface area contributed by atoms with Gasteiger partial charge in [-0.25, -0.2) is 4.98 Å². The summed E-state index contributed by atoms with van der Waals surface area (Å²) in [6, 6.07) is 3.48. The van der Waals surface area contributed by atoms with Crippen LogP contribution in [0.2, 0.25) is 0 Å². The predicted molar refractivity (Wildman–Crippen MR) is 48.6 cm³/mol. The first-order valence-corrected chi connectivity index (χ1v) is 3.31. The molecule has 0 radical (unpaired) electrons. The van der Waals surface area contributed by atoms with Crippen LogP contribution < -0.4 is 5.73 Å². The smallest absolute Gasteiger partial charge is 0.143 e. The Kier molecular flexibility index (Phi) is 2.76. The molecule has 13 heavy (non-hydrogen) atoms. The van der Waals surface area contributed by atoms with E-state index in [2.05, 4.69) is 20.5 Å². The molecular formula is C6H7ClN6. The maximum Gasteiger partial charge on any atom is 0.143 e. The topological polar surface area (TPSA) is 82.5 Å². The molecule has 2 aromatic rings. The van der Waals surface area contributed by atoms with Gasteiger partial charge in [-0.2, -0.15) is 4.68 Å². The van der Waals surface area contributed by atoms with Crippen molar-refractivity contribution in [3.05, 3.63) is 24.7 Å². The SMILES string of the molecule is Cl.Nc1ccc(-n2cnnn2)cn1. The van der Waals surface area contributed by atoms with Gasteiger partial charge in [0.25, 0.3) is 0 Å². The first-order chi connectivity index (χ1) is 5.86. The molecule has 0 aliphatic heterocycles. The van der Waals surface area contributed by atoms with Crippen LogP contribution in [0, 0.1) is 0 Å². The van der Waals surface area contributed by atoms with E-state index in [-0.39, 0.29) is 12.4 Å². The number of hydrogen-bond donors (Lipinski definition) is 1. The molecule has 7 heteroatoms. The van der Waals surface area contributed by atoms with E-state index in [4.69, 9.17) is 5.73 Å². The molecule has 6 nitrogen and oxygen atoms in total. The number of hydrogen-bond acceptors (Lipinski definition) is 5. The van der Waals surface area contributed by atoms with Crippen molar-refractivity contribution in [2.45, 2.75) is 0 Å². The number of aromatic nitrogens is 5. The molecule has 0 bridgehead atoms.